The topological polar surface area (TPSA) is 130 Å². The number of rotatable bonds is 8. The predicted molar refractivity (Wildman–Crippen MR) is 161 cm³/mol. The normalized spacial score (nSPS) is 12.1. The lowest BCUT2D eigenvalue weighted by atomic mass is 9.87. The Kier molecular flexibility index (Phi) is 7.97. The maximum Gasteiger partial charge on any atom is 0.433 e. The smallest absolute Gasteiger partial charge is 0.433 e. The number of anilines is 1. The highest BCUT2D eigenvalue weighted by Crippen LogP contribution is 2.44. The van der Waals surface area contributed by atoms with Crippen molar-refractivity contribution in [3.63, 3.8) is 0 Å². The van der Waals surface area contributed by atoms with Gasteiger partial charge in [-0.05, 0) is 54.7 Å². The summed E-state index contributed by atoms with van der Waals surface area (Å²) in [6.07, 6.45) is -1.77. The Morgan fingerprint density at radius 3 is 2.39 bits per heavy atom. The quantitative estimate of drug-likeness (QED) is 0.206. The summed E-state index contributed by atoms with van der Waals surface area (Å²) in [4.78, 5) is 29.3. The van der Waals surface area contributed by atoms with Gasteiger partial charge in [-0.2, -0.15) is 23.4 Å². The molecule has 0 bridgehead atoms. The van der Waals surface area contributed by atoms with Crippen molar-refractivity contribution in [1.82, 2.24) is 24.5 Å². The first kappa shape index (κ1) is 30.7. The number of hydrogen-bond acceptors (Lipinski definition) is 7. The second-order valence-corrected chi connectivity index (χ2v) is 12.1. The largest absolute Gasteiger partial charge is 0.471 e. The first-order valence-corrected chi connectivity index (χ1v) is 14.4. The Morgan fingerprint density at radius 2 is 1.80 bits per heavy atom. The summed E-state index contributed by atoms with van der Waals surface area (Å²) >= 11 is 0.667. The van der Waals surface area contributed by atoms with E-state index in [2.05, 4.69) is 41.3 Å². The van der Waals surface area contributed by atoms with Gasteiger partial charge in [0.25, 0.3) is 11.8 Å². The van der Waals surface area contributed by atoms with Crippen LogP contribution in [0.15, 0.2) is 48.8 Å². The first-order chi connectivity index (χ1) is 20.7. The molecule has 0 saturated heterocycles. The second kappa shape index (κ2) is 11.4. The van der Waals surface area contributed by atoms with Crippen LogP contribution in [0, 0.1) is 6.92 Å². The molecule has 0 aliphatic heterocycles. The highest BCUT2D eigenvalue weighted by atomic mass is 32.1. The van der Waals surface area contributed by atoms with E-state index >= 15 is 0 Å². The van der Waals surface area contributed by atoms with E-state index in [1.54, 1.807) is 17.8 Å². The van der Waals surface area contributed by atoms with Crippen molar-refractivity contribution in [2.45, 2.75) is 59.5 Å². The lowest BCUT2D eigenvalue weighted by Gasteiger charge is -2.19. The van der Waals surface area contributed by atoms with E-state index in [1.807, 2.05) is 31.2 Å². The Balaban J connectivity index is 1.47. The molecule has 4 aromatic heterocycles. The molecule has 230 valence electrons. The lowest BCUT2D eigenvalue weighted by molar-refractivity contribution is -0.140. The van der Waals surface area contributed by atoms with E-state index in [0.29, 0.717) is 34.9 Å². The number of aryl methyl sites for hydroxylation is 1. The van der Waals surface area contributed by atoms with Gasteiger partial charge in [-0.25, -0.2) is 9.67 Å². The molecule has 0 radical (unpaired) electrons. The van der Waals surface area contributed by atoms with Crippen molar-refractivity contribution in [1.29, 1.82) is 0 Å². The average Bonchev–Trinajstić information content (AvgIpc) is 3.68. The number of nitrogens with two attached hydrogens (primary N) is 1. The number of primary amides is 1. The van der Waals surface area contributed by atoms with Gasteiger partial charge in [0.2, 0.25) is 0 Å². The molecule has 5 aromatic rings. The number of thiophene rings is 1. The van der Waals surface area contributed by atoms with Crippen LogP contribution in [-0.4, -0.2) is 36.4 Å². The maximum absolute atomic E-state index is 13.9. The van der Waals surface area contributed by atoms with Crippen molar-refractivity contribution in [2.24, 2.45) is 5.73 Å². The predicted octanol–water partition coefficient (Wildman–Crippen LogP) is 6.39. The summed E-state index contributed by atoms with van der Waals surface area (Å²) in [6.45, 7) is 10.4. The summed E-state index contributed by atoms with van der Waals surface area (Å²) in [6, 6.07) is 10.0. The minimum absolute atomic E-state index is 0.00129. The molecular weight excluding hydrogens is 595 g/mol. The van der Waals surface area contributed by atoms with E-state index < -0.39 is 23.7 Å². The lowest BCUT2D eigenvalue weighted by Crippen LogP contribution is -2.18. The van der Waals surface area contributed by atoms with Crippen LogP contribution in [0.4, 0.5) is 18.9 Å². The Morgan fingerprint density at radius 1 is 1.09 bits per heavy atom. The zero-order valence-electron chi connectivity index (χ0n) is 24.6. The molecular formula is C30H30F3N7O3S. The zero-order chi connectivity index (χ0) is 32.0. The van der Waals surface area contributed by atoms with E-state index in [1.165, 1.54) is 16.9 Å². The van der Waals surface area contributed by atoms with Crippen molar-refractivity contribution in [3.8, 4) is 16.9 Å². The van der Waals surface area contributed by atoms with Gasteiger partial charge in [-0.15, -0.1) is 11.3 Å². The van der Waals surface area contributed by atoms with Gasteiger partial charge in [0.15, 0.2) is 12.4 Å². The summed E-state index contributed by atoms with van der Waals surface area (Å²) < 4.78 is 50.4. The molecule has 2 amide bonds. The SMILES string of the molecule is CCn1ncc(-c2cc(C(F)(F)F)nc3sc(C(N)=O)c(NC(=O)c4ccn(COc5ccc(C(C)(C)C)cc5)n4)c23)c1C. The molecule has 0 aliphatic carbocycles. The van der Waals surface area contributed by atoms with Crippen LogP contribution in [0.3, 0.4) is 0 Å². The number of aromatic nitrogens is 5. The van der Waals surface area contributed by atoms with Crippen LogP contribution in [0.25, 0.3) is 21.3 Å². The highest BCUT2D eigenvalue weighted by Gasteiger charge is 2.35. The third kappa shape index (κ3) is 6.02. The molecule has 3 N–H and O–H groups in total. The van der Waals surface area contributed by atoms with E-state index in [-0.39, 0.29) is 44.2 Å². The number of alkyl halides is 3. The number of nitrogens with one attached hydrogen (secondary N) is 1. The number of fused-ring (bicyclic) bond motifs is 1. The van der Waals surface area contributed by atoms with Crippen LogP contribution in [-0.2, 0) is 24.9 Å². The molecule has 0 aliphatic rings. The summed E-state index contributed by atoms with van der Waals surface area (Å²) in [5.74, 6) is -1.01. The van der Waals surface area contributed by atoms with Crippen molar-refractivity contribution in [3.05, 3.63) is 76.3 Å². The van der Waals surface area contributed by atoms with Crippen LogP contribution in [0.2, 0.25) is 0 Å². The molecule has 5 rings (SSSR count). The second-order valence-electron chi connectivity index (χ2n) is 11.1. The standard InChI is InChI=1S/C30H30F3N7O3S/c1-6-40-16(2)20(14-35-40)19-13-22(30(31,32)33)36-28-23(19)24(25(44-28)26(34)41)37-27(42)21-11-12-39(38-21)15-43-18-9-7-17(8-10-18)29(3,4)5/h7-14H,6,15H2,1-5H3,(H2,34,41)(H,37,42). The van der Waals surface area contributed by atoms with Crippen LogP contribution in [0.1, 0.15) is 64.8 Å². The molecule has 44 heavy (non-hydrogen) atoms. The number of benzene rings is 1. The molecule has 14 heteroatoms. The molecule has 1 aromatic carbocycles. The van der Waals surface area contributed by atoms with Crippen LogP contribution in [0.5, 0.6) is 5.75 Å². The third-order valence-corrected chi connectivity index (χ3v) is 8.16. The van der Waals surface area contributed by atoms with Gasteiger partial charge in [-0.3, -0.25) is 14.3 Å². The Bertz CT molecular complexity index is 1870. The van der Waals surface area contributed by atoms with E-state index in [9.17, 15) is 22.8 Å². The minimum atomic E-state index is -4.76. The molecule has 0 atom stereocenters. The van der Waals surface area contributed by atoms with Gasteiger partial charge < -0.3 is 15.8 Å². The monoisotopic (exact) mass is 625 g/mol. The fourth-order valence-electron chi connectivity index (χ4n) is 4.70. The number of hydrogen-bond donors (Lipinski definition) is 2. The van der Waals surface area contributed by atoms with E-state index in [0.717, 1.165) is 11.6 Å². The molecule has 10 nitrogen and oxygen atoms in total. The van der Waals surface area contributed by atoms with Gasteiger partial charge in [0.1, 0.15) is 21.2 Å². The fraction of sp³-hybridized carbons (Fsp3) is 0.300. The number of halogens is 3. The molecule has 0 saturated carbocycles. The van der Waals surface area contributed by atoms with E-state index in [4.69, 9.17) is 10.5 Å². The average molecular weight is 626 g/mol. The summed E-state index contributed by atoms with van der Waals surface area (Å²) in [5.41, 5.74) is 6.66. The van der Waals surface area contributed by atoms with Crippen LogP contribution < -0.4 is 15.8 Å². The number of pyridine rings is 1. The van der Waals surface area contributed by atoms with Gasteiger partial charge >= 0.3 is 6.18 Å². The van der Waals surface area contributed by atoms with Crippen LogP contribution >= 0.6 is 11.3 Å². The minimum Gasteiger partial charge on any atom is -0.471 e. The summed E-state index contributed by atoms with van der Waals surface area (Å²) in [7, 11) is 0. The number of nitrogens with zero attached hydrogens (tertiary/aromatic N) is 5. The van der Waals surface area contributed by atoms with Crippen molar-refractivity contribution in [2.75, 3.05) is 5.32 Å². The zero-order valence-corrected chi connectivity index (χ0v) is 25.4. The molecule has 0 spiro atoms. The molecule has 4 heterocycles. The highest BCUT2D eigenvalue weighted by molar-refractivity contribution is 7.21. The number of carbonyl (C=O) groups is 2. The fourth-order valence-corrected chi connectivity index (χ4v) is 5.71. The molecule has 0 fully saturated rings. The number of amides is 2. The van der Waals surface area contributed by atoms with Crippen molar-refractivity contribution >= 4 is 39.1 Å². The Labute approximate surface area is 254 Å². The molecule has 0 unspecified atom stereocenters. The Hall–Kier alpha value is -4.72. The van der Waals surface area contributed by atoms with Gasteiger partial charge in [0, 0.05) is 29.4 Å². The third-order valence-electron chi connectivity index (χ3n) is 7.06. The van der Waals surface area contributed by atoms with Crippen molar-refractivity contribution < 1.29 is 27.5 Å². The number of ether oxygens (including phenoxy) is 1. The number of carbonyl (C=O) groups excluding carboxylic acids is 2. The first-order valence-electron chi connectivity index (χ1n) is 13.6. The maximum atomic E-state index is 13.9. The van der Waals surface area contributed by atoms with Gasteiger partial charge in [-0.1, -0.05) is 32.9 Å². The van der Waals surface area contributed by atoms with Gasteiger partial charge in [0.05, 0.1) is 11.9 Å². The summed E-state index contributed by atoms with van der Waals surface area (Å²) in [5, 5.41) is 11.3.